The molecule has 11 heteroatoms. The van der Waals surface area contributed by atoms with E-state index in [1.54, 1.807) is 17.0 Å². The molecule has 0 saturated carbocycles. The zero-order valence-corrected chi connectivity index (χ0v) is 17.5. The molecule has 1 aromatic heterocycles. The molecule has 1 spiro atoms. The van der Waals surface area contributed by atoms with E-state index >= 15 is 0 Å². The van der Waals surface area contributed by atoms with E-state index in [0.717, 1.165) is 6.07 Å². The highest BCUT2D eigenvalue weighted by Crippen LogP contribution is 2.46. The minimum Gasteiger partial charge on any atom is -0.371 e. The molecule has 2 amide bonds. The molecule has 2 aliphatic heterocycles. The lowest BCUT2D eigenvalue weighted by atomic mass is 9.70. The number of nitriles is 1. The molecule has 0 aliphatic carbocycles. The Bertz CT molecular complexity index is 1110. The highest BCUT2D eigenvalue weighted by atomic mass is 19.4. The van der Waals surface area contributed by atoms with E-state index in [1.807, 2.05) is 0 Å². The molecule has 2 N–H and O–H groups in total. The van der Waals surface area contributed by atoms with Crippen LogP contribution in [0.3, 0.4) is 0 Å². The van der Waals surface area contributed by atoms with Gasteiger partial charge in [-0.15, -0.1) is 0 Å². The maximum Gasteiger partial charge on any atom is 0.417 e. The summed E-state index contributed by atoms with van der Waals surface area (Å²) in [6, 6.07) is 6.83. The fourth-order valence-electron chi connectivity index (χ4n) is 4.84. The Morgan fingerprint density at radius 2 is 1.85 bits per heavy atom. The zero-order valence-electron chi connectivity index (χ0n) is 17.5. The van der Waals surface area contributed by atoms with Crippen LogP contribution >= 0.6 is 0 Å². The molecule has 2 aromatic rings. The molecular weight excluding hydrogens is 437 g/mol. The van der Waals surface area contributed by atoms with Crippen molar-refractivity contribution in [3.63, 3.8) is 0 Å². The van der Waals surface area contributed by atoms with Crippen LogP contribution in [0.15, 0.2) is 36.7 Å². The predicted octanol–water partition coefficient (Wildman–Crippen LogP) is 2.21. The average molecular weight is 458 g/mol. The van der Waals surface area contributed by atoms with E-state index in [0.29, 0.717) is 38.2 Å². The second kappa shape index (κ2) is 8.35. The van der Waals surface area contributed by atoms with Crippen molar-refractivity contribution in [1.82, 2.24) is 14.9 Å². The van der Waals surface area contributed by atoms with Gasteiger partial charge in [0.1, 0.15) is 0 Å². The van der Waals surface area contributed by atoms with Gasteiger partial charge in [-0.3, -0.25) is 9.59 Å². The van der Waals surface area contributed by atoms with Crippen molar-refractivity contribution < 1.29 is 22.8 Å². The largest absolute Gasteiger partial charge is 0.417 e. The number of amides is 2. The number of nitrogens with two attached hydrogens (primary N) is 1. The van der Waals surface area contributed by atoms with Crippen molar-refractivity contribution >= 4 is 17.5 Å². The van der Waals surface area contributed by atoms with Crippen LogP contribution in [0, 0.1) is 22.7 Å². The first-order valence-corrected chi connectivity index (χ1v) is 10.4. The summed E-state index contributed by atoms with van der Waals surface area (Å²) < 4.78 is 40.1. The number of carbonyl (C=O) groups is 2. The quantitative estimate of drug-likeness (QED) is 0.754. The first kappa shape index (κ1) is 22.5. The Morgan fingerprint density at radius 1 is 1.18 bits per heavy atom. The Hall–Kier alpha value is -3.68. The molecule has 3 heterocycles. The van der Waals surface area contributed by atoms with Gasteiger partial charge < -0.3 is 15.5 Å². The van der Waals surface area contributed by atoms with E-state index < -0.39 is 34.5 Å². The van der Waals surface area contributed by atoms with Crippen molar-refractivity contribution in [3.8, 4) is 6.07 Å². The monoisotopic (exact) mass is 458 g/mol. The van der Waals surface area contributed by atoms with Gasteiger partial charge in [-0.2, -0.15) is 18.4 Å². The average Bonchev–Trinajstić information content (AvgIpc) is 3.18. The van der Waals surface area contributed by atoms with E-state index in [1.165, 1.54) is 29.4 Å². The molecule has 2 fully saturated rings. The van der Waals surface area contributed by atoms with Crippen LogP contribution in [-0.2, 0) is 11.0 Å². The second-order valence-electron chi connectivity index (χ2n) is 8.40. The predicted molar refractivity (Wildman–Crippen MR) is 111 cm³/mol. The third-order valence-electron chi connectivity index (χ3n) is 6.59. The second-order valence-corrected chi connectivity index (χ2v) is 8.40. The number of aromatic nitrogens is 2. The number of hydrogen-bond donors (Lipinski definition) is 1. The highest BCUT2D eigenvalue weighted by molar-refractivity contribution is 5.91. The van der Waals surface area contributed by atoms with Crippen LogP contribution in [0.1, 0.15) is 34.6 Å². The molecule has 172 valence electrons. The van der Waals surface area contributed by atoms with Crippen LogP contribution in [0.2, 0.25) is 0 Å². The zero-order chi connectivity index (χ0) is 23.8. The number of nitrogens with zero attached hydrogens (tertiary/aromatic N) is 5. The number of piperidine rings is 1. The highest BCUT2D eigenvalue weighted by Gasteiger charge is 2.52. The van der Waals surface area contributed by atoms with Gasteiger partial charge >= 0.3 is 6.18 Å². The third-order valence-corrected chi connectivity index (χ3v) is 6.59. The van der Waals surface area contributed by atoms with E-state index in [4.69, 9.17) is 11.0 Å². The van der Waals surface area contributed by atoms with Gasteiger partial charge in [0.05, 0.1) is 23.1 Å². The lowest BCUT2D eigenvalue weighted by molar-refractivity contribution is -0.137. The number of halogens is 3. The first-order chi connectivity index (χ1) is 15.6. The fourth-order valence-corrected chi connectivity index (χ4v) is 4.84. The fraction of sp³-hybridized carbons (Fsp3) is 0.409. The van der Waals surface area contributed by atoms with Crippen LogP contribution < -0.4 is 10.6 Å². The summed E-state index contributed by atoms with van der Waals surface area (Å²) >= 11 is 0. The topological polar surface area (TPSA) is 116 Å². The van der Waals surface area contributed by atoms with Crippen molar-refractivity contribution in [2.75, 3.05) is 31.1 Å². The lowest BCUT2D eigenvalue weighted by Gasteiger charge is -2.42. The number of primary amides is 1. The Kier molecular flexibility index (Phi) is 5.69. The maximum atomic E-state index is 13.4. The summed E-state index contributed by atoms with van der Waals surface area (Å²) in [5.41, 5.74) is 4.06. The summed E-state index contributed by atoms with van der Waals surface area (Å²) in [6.07, 6.45) is -0.768. The van der Waals surface area contributed by atoms with Gasteiger partial charge in [-0.1, -0.05) is 0 Å². The van der Waals surface area contributed by atoms with Gasteiger partial charge in [0.2, 0.25) is 11.7 Å². The molecule has 8 nitrogen and oxygen atoms in total. The summed E-state index contributed by atoms with van der Waals surface area (Å²) in [7, 11) is 0. The van der Waals surface area contributed by atoms with Gasteiger partial charge in [0.15, 0.2) is 0 Å². The molecule has 2 saturated heterocycles. The molecule has 33 heavy (non-hydrogen) atoms. The smallest absolute Gasteiger partial charge is 0.371 e. The Balaban J connectivity index is 1.53. The van der Waals surface area contributed by atoms with E-state index in [-0.39, 0.29) is 18.3 Å². The molecule has 0 bridgehead atoms. The number of hydrogen-bond acceptors (Lipinski definition) is 6. The number of rotatable bonds is 3. The molecular formula is C22H21F3N6O2. The van der Waals surface area contributed by atoms with Crippen LogP contribution in [0.5, 0.6) is 0 Å². The number of benzene rings is 1. The van der Waals surface area contributed by atoms with Gasteiger partial charge in [0.25, 0.3) is 5.91 Å². The minimum absolute atomic E-state index is 0.0347. The van der Waals surface area contributed by atoms with Gasteiger partial charge in [-0.25, -0.2) is 9.97 Å². The SMILES string of the molecule is N#Cc1ccc(N2CCC3(CC2)CN(C(=O)c2ncccn2)CC3C(N)=O)cc1C(F)(F)F. The molecule has 4 rings (SSSR count). The van der Waals surface area contributed by atoms with Crippen LogP contribution in [0.25, 0.3) is 0 Å². The van der Waals surface area contributed by atoms with Crippen LogP contribution in [-0.4, -0.2) is 52.9 Å². The summed E-state index contributed by atoms with van der Waals surface area (Å²) in [4.78, 5) is 36.4. The summed E-state index contributed by atoms with van der Waals surface area (Å²) in [5, 5.41) is 9.01. The summed E-state index contributed by atoms with van der Waals surface area (Å²) in [6.45, 7) is 1.22. The van der Waals surface area contributed by atoms with Crippen molar-refractivity contribution in [2.45, 2.75) is 19.0 Å². The number of alkyl halides is 3. The van der Waals surface area contributed by atoms with Crippen molar-refractivity contribution in [1.29, 1.82) is 5.26 Å². The van der Waals surface area contributed by atoms with Crippen molar-refractivity contribution in [3.05, 3.63) is 53.6 Å². The lowest BCUT2D eigenvalue weighted by Crippen LogP contribution is -2.47. The Labute approximate surface area is 187 Å². The van der Waals surface area contributed by atoms with Crippen LogP contribution in [0.4, 0.5) is 18.9 Å². The molecule has 0 radical (unpaired) electrons. The number of anilines is 1. The standard InChI is InChI=1S/C22H21F3N6O2/c23-22(24,25)16-10-15(3-2-14(16)11-26)30-8-4-21(5-9-30)13-31(12-17(21)18(27)32)20(33)19-28-6-1-7-29-19/h1-3,6-7,10,17H,4-5,8-9,12-13H2,(H2,27,32). The normalized spacial score (nSPS) is 20.0. The number of carbonyl (C=O) groups excluding carboxylic acids is 2. The first-order valence-electron chi connectivity index (χ1n) is 10.4. The maximum absolute atomic E-state index is 13.4. The van der Waals surface area contributed by atoms with Crippen molar-refractivity contribution in [2.24, 2.45) is 17.1 Å². The molecule has 2 aliphatic rings. The van der Waals surface area contributed by atoms with Gasteiger partial charge in [-0.05, 0) is 37.1 Å². The number of likely N-dealkylation sites (tertiary alicyclic amines) is 1. The molecule has 1 aromatic carbocycles. The van der Waals surface area contributed by atoms with E-state index in [2.05, 4.69) is 9.97 Å². The minimum atomic E-state index is -4.64. The van der Waals surface area contributed by atoms with E-state index in [9.17, 15) is 22.8 Å². The molecule has 1 atom stereocenters. The van der Waals surface area contributed by atoms with Gasteiger partial charge in [0, 0.05) is 49.7 Å². The molecule has 1 unspecified atom stereocenters. The third kappa shape index (κ3) is 4.20. The Morgan fingerprint density at radius 3 is 2.42 bits per heavy atom. The summed E-state index contributed by atoms with van der Waals surface area (Å²) in [5.74, 6) is -1.43.